The molecule has 2 heterocycles. The summed E-state index contributed by atoms with van der Waals surface area (Å²) in [6, 6.07) is 1.99. The third-order valence-corrected chi connectivity index (χ3v) is 8.07. The fourth-order valence-corrected chi connectivity index (χ4v) is 6.47. The Kier molecular flexibility index (Phi) is 5.84. The van der Waals surface area contributed by atoms with E-state index in [2.05, 4.69) is 27.8 Å². The lowest BCUT2D eigenvalue weighted by atomic mass is 10.2. The maximum atomic E-state index is 12.7. The van der Waals surface area contributed by atoms with E-state index in [1.54, 1.807) is 13.1 Å². The molecule has 0 amide bonds. The second-order valence-corrected chi connectivity index (χ2v) is 9.73. The van der Waals surface area contributed by atoms with Gasteiger partial charge < -0.3 is 5.73 Å². The lowest BCUT2D eigenvalue weighted by molar-refractivity contribution is 0.237. The Bertz CT molecular complexity index is 588. The molecule has 0 saturated carbocycles. The van der Waals surface area contributed by atoms with Gasteiger partial charge in [0, 0.05) is 31.1 Å². The summed E-state index contributed by atoms with van der Waals surface area (Å²) in [6.45, 7) is 5.05. The van der Waals surface area contributed by atoms with Crippen LogP contribution in [-0.2, 0) is 16.6 Å². The molecule has 1 aromatic heterocycles. The summed E-state index contributed by atoms with van der Waals surface area (Å²) in [7, 11) is -1.80. The largest absolute Gasteiger partial charge is 0.326 e. The lowest BCUT2D eigenvalue weighted by Crippen LogP contribution is -2.41. The maximum absolute atomic E-state index is 12.7. The molecule has 1 aromatic rings. The monoisotopic (exact) mass is 395 g/mol. The average molecular weight is 396 g/mol. The van der Waals surface area contributed by atoms with Gasteiger partial charge in [0.25, 0.3) is 0 Å². The molecule has 0 radical (unpaired) electrons. The maximum Gasteiger partial charge on any atom is 0.244 e. The van der Waals surface area contributed by atoms with Crippen LogP contribution in [0.2, 0.25) is 0 Å². The van der Waals surface area contributed by atoms with Crippen molar-refractivity contribution < 1.29 is 8.42 Å². The summed E-state index contributed by atoms with van der Waals surface area (Å²) >= 11 is 4.73. The summed E-state index contributed by atoms with van der Waals surface area (Å²) < 4.78 is 27.5. The van der Waals surface area contributed by atoms with Gasteiger partial charge in [0.15, 0.2) is 0 Å². The van der Waals surface area contributed by atoms with Gasteiger partial charge in [-0.05, 0) is 47.9 Å². The summed E-state index contributed by atoms with van der Waals surface area (Å²) in [6.07, 6.45) is 2.21. The number of hydrogen-bond donors (Lipinski definition) is 1. The molecule has 1 fully saturated rings. The molecule has 120 valence electrons. The molecule has 5 nitrogen and oxygen atoms in total. The van der Waals surface area contributed by atoms with Gasteiger partial charge in [-0.25, -0.2) is 8.42 Å². The van der Waals surface area contributed by atoms with Crippen molar-refractivity contribution in [3.8, 4) is 0 Å². The molecule has 1 saturated heterocycles. The smallest absolute Gasteiger partial charge is 0.244 e. The van der Waals surface area contributed by atoms with Crippen molar-refractivity contribution in [2.75, 3.05) is 26.7 Å². The topological polar surface area (TPSA) is 66.6 Å². The summed E-state index contributed by atoms with van der Waals surface area (Å²) in [5.74, 6) is 0. The van der Waals surface area contributed by atoms with Crippen LogP contribution < -0.4 is 5.73 Å². The molecule has 0 aromatic carbocycles. The molecule has 1 unspecified atom stereocenters. The highest BCUT2D eigenvalue weighted by atomic mass is 79.9. The van der Waals surface area contributed by atoms with Gasteiger partial charge in [0.1, 0.15) is 4.90 Å². The molecule has 1 atom stereocenters. The van der Waals surface area contributed by atoms with E-state index in [0.29, 0.717) is 27.8 Å². The van der Waals surface area contributed by atoms with Crippen LogP contribution in [0.1, 0.15) is 24.6 Å². The van der Waals surface area contributed by atoms with E-state index in [0.717, 1.165) is 30.8 Å². The molecule has 1 aliphatic heterocycles. The van der Waals surface area contributed by atoms with Gasteiger partial charge >= 0.3 is 0 Å². The van der Waals surface area contributed by atoms with Crippen LogP contribution in [0.25, 0.3) is 0 Å². The lowest BCUT2D eigenvalue weighted by Gasteiger charge is -2.27. The first kappa shape index (κ1) is 17.4. The van der Waals surface area contributed by atoms with Crippen molar-refractivity contribution in [1.82, 2.24) is 9.21 Å². The van der Waals surface area contributed by atoms with Crippen LogP contribution in [-0.4, -0.2) is 50.3 Å². The van der Waals surface area contributed by atoms with Gasteiger partial charge in [0.2, 0.25) is 10.0 Å². The number of hydrogen-bond acceptors (Lipinski definition) is 5. The minimum absolute atomic E-state index is 0.321. The van der Waals surface area contributed by atoms with Gasteiger partial charge in [0.05, 0.1) is 3.79 Å². The Morgan fingerprint density at radius 3 is 2.86 bits per heavy atom. The number of halogens is 1. The zero-order chi connectivity index (χ0) is 15.6. The Morgan fingerprint density at radius 1 is 1.57 bits per heavy atom. The van der Waals surface area contributed by atoms with E-state index >= 15 is 0 Å². The number of nitrogens with zero attached hydrogens (tertiary/aromatic N) is 2. The molecule has 1 aliphatic rings. The van der Waals surface area contributed by atoms with E-state index in [1.807, 2.05) is 0 Å². The standard InChI is InChI=1S/C13H22BrN3O2S2/c1-3-17-6-4-5-10(17)9-16(2)21(18,19)12-7-11(8-15)20-13(12)14/h7,10H,3-6,8-9,15H2,1-2H3. The van der Waals surface area contributed by atoms with Crippen molar-refractivity contribution in [3.63, 3.8) is 0 Å². The number of sulfonamides is 1. The van der Waals surface area contributed by atoms with E-state index in [4.69, 9.17) is 5.73 Å². The van der Waals surface area contributed by atoms with Gasteiger partial charge in [-0.3, -0.25) is 4.90 Å². The van der Waals surface area contributed by atoms with E-state index in [-0.39, 0.29) is 0 Å². The van der Waals surface area contributed by atoms with E-state index < -0.39 is 10.0 Å². The van der Waals surface area contributed by atoms with Crippen LogP contribution in [0, 0.1) is 0 Å². The molecule has 2 rings (SSSR count). The highest BCUT2D eigenvalue weighted by Crippen LogP contribution is 2.33. The Balaban J connectivity index is 2.16. The Morgan fingerprint density at radius 2 is 2.29 bits per heavy atom. The zero-order valence-electron chi connectivity index (χ0n) is 12.4. The first-order valence-corrected chi connectivity index (χ1v) is 10.1. The Labute approximate surface area is 139 Å². The fraction of sp³-hybridized carbons (Fsp3) is 0.692. The second-order valence-electron chi connectivity index (χ2n) is 5.26. The predicted octanol–water partition coefficient (Wildman–Crippen LogP) is 2.07. The third kappa shape index (κ3) is 3.68. The van der Waals surface area contributed by atoms with Crippen molar-refractivity contribution in [2.45, 2.75) is 37.2 Å². The van der Waals surface area contributed by atoms with Crippen LogP contribution in [0.3, 0.4) is 0 Å². The molecule has 0 spiro atoms. The molecule has 0 bridgehead atoms. The number of likely N-dealkylation sites (tertiary alicyclic amines) is 1. The number of rotatable bonds is 6. The van der Waals surface area contributed by atoms with Crippen molar-refractivity contribution in [3.05, 3.63) is 14.7 Å². The molecule has 21 heavy (non-hydrogen) atoms. The summed E-state index contributed by atoms with van der Waals surface area (Å²) in [5.41, 5.74) is 5.59. The van der Waals surface area contributed by atoms with Gasteiger partial charge in [-0.1, -0.05) is 6.92 Å². The second kappa shape index (κ2) is 7.06. The number of thiophene rings is 1. The summed E-state index contributed by atoms with van der Waals surface area (Å²) in [4.78, 5) is 3.54. The Hall–Kier alpha value is 0.01000. The zero-order valence-corrected chi connectivity index (χ0v) is 15.6. The minimum Gasteiger partial charge on any atom is -0.326 e. The fourth-order valence-electron chi connectivity index (χ4n) is 2.76. The van der Waals surface area contributed by atoms with Crippen molar-refractivity contribution in [2.24, 2.45) is 5.73 Å². The first-order chi connectivity index (χ1) is 9.90. The predicted molar refractivity (Wildman–Crippen MR) is 90.0 cm³/mol. The quantitative estimate of drug-likeness (QED) is 0.800. The van der Waals surface area contributed by atoms with E-state index in [1.165, 1.54) is 15.6 Å². The number of likely N-dealkylation sites (N-methyl/N-ethyl adjacent to an activating group) is 2. The van der Waals surface area contributed by atoms with Gasteiger partial charge in [-0.15, -0.1) is 11.3 Å². The molecular formula is C13H22BrN3O2S2. The molecule has 8 heteroatoms. The van der Waals surface area contributed by atoms with Gasteiger partial charge in [-0.2, -0.15) is 4.31 Å². The highest BCUT2D eigenvalue weighted by Gasteiger charge is 2.31. The van der Waals surface area contributed by atoms with Crippen LogP contribution >= 0.6 is 27.3 Å². The first-order valence-electron chi connectivity index (χ1n) is 7.08. The van der Waals surface area contributed by atoms with Crippen molar-refractivity contribution >= 4 is 37.3 Å². The highest BCUT2D eigenvalue weighted by molar-refractivity contribution is 9.11. The third-order valence-electron chi connectivity index (χ3n) is 3.97. The molecular weight excluding hydrogens is 374 g/mol. The van der Waals surface area contributed by atoms with Crippen LogP contribution in [0.15, 0.2) is 14.7 Å². The average Bonchev–Trinajstić information content (AvgIpc) is 3.04. The van der Waals surface area contributed by atoms with Crippen LogP contribution in [0.4, 0.5) is 0 Å². The van der Waals surface area contributed by atoms with E-state index in [9.17, 15) is 8.42 Å². The number of nitrogens with two attached hydrogens (primary N) is 1. The normalized spacial score (nSPS) is 20.5. The minimum atomic E-state index is -3.46. The molecule has 2 N–H and O–H groups in total. The summed E-state index contributed by atoms with van der Waals surface area (Å²) in [5, 5.41) is 0. The van der Waals surface area contributed by atoms with Crippen LogP contribution in [0.5, 0.6) is 0 Å². The SMILES string of the molecule is CCN1CCCC1CN(C)S(=O)(=O)c1cc(CN)sc1Br. The van der Waals surface area contributed by atoms with Crippen molar-refractivity contribution in [1.29, 1.82) is 0 Å². The molecule has 0 aliphatic carbocycles.